The van der Waals surface area contributed by atoms with E-state index < -0.39 is 0 Å². The molecular formula is C21H21ClN2O2. The van der Waals surface area contributed by atoms with E-state index in [1.807, 2.05) is 23.1 Å². The van der Waals surface area contributed by atoms with Gasteiger partial charge in [-0.2, -0.15) is 0 Å². The highest BCUT2D eigenvalue weighted by Gasteiger charge is 2.46. The molecule has 4 nitrogen and oxygen atoms in total. The van der Waals surface area contributed by atoms with Gasteiger partial charge in [-0.1, -0.05) is 48.0 Å². The Balaban J connectivity index is 1.33. The fraction of sp³-hybridized carbons (Fsp3) is 0.333. The first kappa shape index (κ1) is 17.1. The van der Waals surface area contributed by atoms with Gasteiger partial charge in [0, 0.05) is 42.7 Å². The fourth-order valence-corrected chi connectivity index (χ4v) is 3.90. The van der Waals surface area contributed by atoms with Gasteiger partial charge >= 0.3 is 0 Å². The molecule has 2 amide bonds. The van der Waals surface area contributed by atoms with Crippen LogP contribution in [0.25, 0.3) is 0 Å². The summed E-state index contributed by atoms with van der Waals surface area (Å²) in [6.07, 6.45) is 0.935. The van der Waals surface area contributed by atoms with Crippen molar-refractivity contribution in [2.45, 2.75) is 12.3 Å². The number of piperazine rings is 1. The fourth-order valence-electron chi connectivity index (χ4n) is 3.71. The monoisotopic (exact) mass is 368 g/mol. The van der Waals surface area contributed by atoms with Crippen molar-refractivity contribution in [2.24, 2.45) is 5.92 Å². The third-order valence-corrected chi connectivity index (χ3v) is 5.52. The third kappa shape index (κ3) is 3.47. The van der Waals surface area contributed by atoms with Crippen molar-refractivity contribution < 1.29 is 9.59 Å². The van der Waals surface area contributed by atoms with Crippen LogP contribution in [0.4, 0.5) is 0 Å². The van der Waals surface area contributed by atoms with Crippen LogP contribution in [0.3, 0.4) is 0 Å². The van der Waals surface area contributed by atoms with Crippen LogP contribution >= 0.6 is 11.6 Å². The van der Waals surface area contributed by atoms with Crippen molar-refractivity contribution in [3.8, 4) is 0 Å². The second-order valence-corrected chi connectivity index (χ2v) is 7.42. The maximum absolute atomic E-state index is 12.7. The summed E-state index contributed by atoms with van der Waals surface area (Å²) >= 11 is 5.97. The van der Waals surface area contributed by atoms with Crippen LogP contribution in [0.5, 0.6) is 0 Å². The SMILES string of the molecule is O=C(c1cccc(Cl)c1)N1CCN(C(=O)C2CC2c2ccccc2)CC1. The van der Waals surface area contributed by atoms with Crippen LogP contribution in [0, 0.1) is 5.92 Å². The predicted octanol–water partition coefficient (Wildman–Crippen LogP) is 3.43. The Hall–Kier alpha value is -2.33. The van der Waals surface area contributed by atoms with Crippen molar-refractivity contribution >= 4 is 23.4 Å². The maximum Gasteiger partial charge on any atom is 0.254 e. The summed E-state index contributed by atoms with van der Waals surface area (Å²) in [5, 5.41) is 0.561. The number of carbonyl (C=O) groups excluding carboxylic acids is 2. The molecule has 26 heavy (non-hydrogen) atoms. The van der Waals surface area contributed by atoms with Gasteiger partial charge in [-0.3, -0.25) is 9.59 Å². The van der Waals surface area contributed by atoms with Gasteiger partial charge < -0.3 is 9.80 Å². The molecule has 1 saturated heterocycles. The Morgan fingerprint density at radius 3 is 2.27 bits per heavy atom. The maximum atomic E-state index is 12.7. The van der Waals surface area contributed by atoms with E-state index >= 15 is 0 Å². The normalized spacial score (nSPS) is 22.2. The van der Waals surface area contributed by atoms with E-state index in [1.165, 1.54) is 5.56 Å². The highest BCUT2D eigenvalue weighted by molar-refractivity contribution is 6.30. The second kappa shape index (κ2) is 7.12. The number of rotatable bonds is 3. The molecule has 134 valence electrons. The number of carbonyl (C=O) groups is 2. The molecular weight excluding hydrogens is 348 g/mol. The Morgan fingerprint density at radius 1 is 0.885 bits per heavy atom. The summed E-state index contributed by atoms with van der Waals surface area (Å²) in [7, 11) is 0. The van der Waals surface area contributed by atoms with Crippen LogP contribution < -0.4 is 0 Å². The first-order valence-electron chi connectivity index (χ1n) is 9.02. The predicted molar refractivity (Wildman–Crippen MR) is 101 cm³/mol. The molecule has 1 aliphatic heterocycles. The van der Waals surface area contributed by atoms with Gasteiger partial charge in [-0.15, -0.1) is 0 Å². The molecule has 5 heteroatoms. The standard InChI is InChI=1S/C21H21ClN2O2/c22-17-8-4-7-16(13-17)20(25)23-9-11-24(12-10-23)21(26)19-14-18(19)15-5-2-1-3-6-15/h1-8,13,18-19H,9-12,14H2. The van der Waals surface area contributed by atoms with Gasteiger partial charge in [-0.25, -0.2) is 0 Å². The molecule has 2 aromatic carbocycles. The van der Waals surface area contributed by atoms with Gasteiger partial charge in [0.2, 0.25) is 5.91 Å². The van der Waals surface area contributed by atoms with Crippen molar-refractivity contribution in [1.82, 2.24) is 9.80 Å². The second-order valence-electron chi connectivity index (χ2n) is 6.99. The number of nitrogens with zero attached hydrogens (tertiary/aromatic N) is 2. The zero-order chi connectivity index (χ0) is 18.1. The Kier molecular flexibility index (Phi) is 4.68. The van der Waals surface area contributed by atoms with Crippen LogP contribution in [0.2, 0.25) is 5.02 Å². The van der Waals surface area contributed by atoms with Gasteiger partial charge in [0.1, 0.15) is 0 Å². The molecule has 0 spiro atoms. The summed E-state index contributed by atoms with van der Waals surface area (Å²) in [6, 6.07) is 17.2. The number of hydrogen-bond acceptors (Lipinski definition) is 2. The van der Waals surface area contributed by atoms with Crippen molar-refractivity contribution in [1.29, 1.82) is 0 Å². The van der Waals surface area contributed by atoms with E-state index in [9.17, 15) is 9.59 Å². The quantitative estimate of drug-likeness (QED) is 0.832. The molecule has 2 unspecified atom stereocenters. The van der Waals surface area contributed by atoms with Crippen LogP contribution in [0.1, 0.15) is 28.3 Å². The first-order valence-corrected chi connectivity index (χ1v) is 9.40. The lowest BCUT2D eigenvalue weighted by atomic mass is 10.1. The summed E-state index contributed by atoms with van der Waals surface area (Å²) in [4.78, 5) is 29.0. The summed E-state index contributed by atoms with van der Waals surface area (Å²) in [6.45, 7) is 2.34. The summed E-state index contributed by atoms with van der Waals surface area (Å²) < 4.78 is 0. The van der Waals surface area contributed by atoms with E-state index in [4.69, 9.17) is 11.6 Å². The highest BCUT2D eigenvalue weighted by Crippen LogP contribution is 2.48. The van der Waals surface area contributed by atoms with Crippen LogP contribution in [0.15, 0.2) is 54.6 Å². The molecule has 0 N–H and O–H groups in total. The van der Waals surface area contributed by atoms with E-state index in [-0.39, 0.29) is 17.7 Å². The van der Waals surface area contributed by atoms with Gasteiger partial charge in [0.05, 0.1) is 0 Å². The first-order chi connectivity index (χ1) is 12.6. The van der Waals surface area contributed by atoms with Crippen molar-refractivity contribution in [2.75, 3.05) is 26.2 Å². The third-order valence-electron chi connectivity index (χ3n) is 5.29. The molecule has 1 aliphatic carbocycles. The van der Waals surface area contributed by atoms with Crippen molar-refractivity contribution in [3.63, 3.8) is 0 Å². The molecule has 0 radical (unpaired) electrons. The number of halogens is 1. The van der Waals surface area contributed by atoms with E-state index in [0.29, 0.717) is 42.7 Å². The lowest BCUT2D eigenvalue weighted by Crippen LogP contribution is -2.51. The molecule has 0 bridgehead atoms. The van der Waals surface area contributed by atoms with E-state index in [1.54, 1.807) is 29.2 Å². The number of hydrogen-bond donors (Lipinski definition) is 0. The number of amides is 2. The van der Waals surface area contributed by atoms with E-state index in [0.717, 1.165) is 6.42 Å². The molecule has 2 atom stereocenters. The zero-order valence-corrected chi connectivity index (χ0v) is 15.2. The van der Waals surface area contributed by atoms with Gasteiger partial charge in [-0.05, 0) is 36.1 Å². The zero-order valence-electron chi connectivity index (χ0n) is 14.5. The molecule has 2 fully saturated rings. The number of benzene rings is 2. The Bertz CT molecular complexity index is 816. The lowest BCUT2D eigenvalue weighted by molar-refractivity contribution is -0.134. The molecule has 1 saturated carbocycles. The minimum absolute atomic E-state index is 0.0202. The van der Waals surface area contributed by atoms with E-state index in [2.05, 4.69) is 12.1 Å². The Labute approximate surface area is 158 Å². The van der Waals surface area contributed by atoms with Crippen LogP contribution in [-0.2, 0) is 4.79 Å². The van der Waals surface area contributed by atoms with Crippen LogP contribution in [-0.4, -0.2) is 47.8 Å². The molecule has 2 aliphatic rings. The topological polar surface area (TPSA) is 40.6 Å². The average Bonchev–Trinajstić information content (AvgIpc) is 3.48. The summed E-state index contributed by atoms with van der Waals surface area (Å²) in [5.74, 6) is 0.671. The van der Waals surface area contributed by atoms with Gasteiger partial charge in [0.15, 0.2) is 0 Å². The average molecular weight is 369 g/mol. The molecule has 1 heterocycles. The van der Waals surface area contributed by atoms with Crippen molar-refractivity contribution in [3.05, 3.63) is 70.7 Å². The minimum Gasteiger partial charge on any atom is -0.339 e. The largest absolute Gasteiger partial charge is 0.339 e. The van der Waals surface area contributed by atoms with Gasteiger partial charge in [0.25, 0.3) is 5.91 Å². The lowest BCUT2D eigenvalue weighted by Gasteiger charge is -2.35. The summed E-state index contributed by atoms with van der Waals surface area (Å²) in [5.41, 5.74) is 1.85. The smallest absolute Gasteiger partial charge is 0.254 e. The molecule has 4 rings (SSSR count). The minimum atomic E-state index is -0.0202. The molecule has 0 aromatic heterocycles. The highest BCUT2D eigenvalue weighted by atomic mass is 35.5. The molecule has 2 aromatic rings. The Morgan fingerprint density at radius 2 is 1.58 bits per heavy atom.